The highest BCUT2D eigenvalue weighted by Gasteiger charge is 1.99. The lowest BCUT2D eigenvalue weighted by molar-refractivity contribution is 0.143. The highest BCUT2D eigenvalue weighted by molar-refractivity contribution is 5.79. The molecule has 0 amide bonds. The second-order valence-electron chi connectivity index (χ2n) is 6.08. The summed E-state index contributed by atoms with van der Waals surface area (Å²) in [6.45, 7) is 9.19. The molecule has 0 aliphatic carbocycles. The van der Waals surface area contributed by atoms with Crippen LogP contribution >= 0.6 is 0 Å². The molecule has 0 unspecified atom stereocenters. The van der Waals surface area contributed by atoms with Crippen LogP contribution in [-0.2, 0) is 17.8 Å². The average Bonchev–Trinajstić information content (AvgIpc) is 2.56. The van der Waals surface area contributed by atoms with Gasteiger partial charge in [0.15, 0.2) is 5.96 Å². The van der Waals surface area contributed by atoms with Crippen molar-refractivity contribution in [2.75, 3.05) is 40.4 Å². The second kappa shape index (κ2) is 12.8. The minimum absolute atomic E-state index is 0.691. The van der Waals surface area contributed by atoms with E-state index in [-0.39, 0.29) is 0 Å². The molecule has 5 heteroatoms. The van der Waals surface area contributed by atoms with E-state index in [0.29, 0.717) is 6.54 Å². The molecule has 0 heterocycles. The fraction of sp³-hybridized carbons (Fsp3) is 0.632. The Kier molecular flexibility index (Phi) is 10.9. The molecule has 136 valence electrons. The van der Waals surface area contributed by atoms with Crippen molar-refractivity contribution in [2.24, 2.45) is 4.99 Å². The van der Waals surface area contributed by atoms with Crippen molar-refractivity contribution in [3.05, 3.63) is 35.4 Å². The Morgan fingerprint density at radius 3 is 2.38 bits per heavy atom. The van der Waals surface area contributed by atoms with Gasteiger partial charge in [-0.25, -0.2) is 4.99 Å². The molecule has 0 aromatic heterocycles. The summed E-state index contributed by atoms with van der Waals surface area (Å²) in [6, 6.07) is 8.68. The molecule has 1 aromatic carbocycles. The first kappa shape index (κ1) is 20.5. The fourth-order valence-electron chi connectivity index (χ4n) is 2.31. The largest absolute Gasteiger partial charge is 0.382 e. The molecule has 0 aliphatic rings. The molecule has 0 fully saturated rings. The molecule has 0 bridgehead atoms. The van der Waals surface area contributed by atoms with E-state index < -0.39 is 0 Å². The first-order valence-corrected chi connectivity index (χ1v) is 8.98. The molecule has 24 heavy (non-hydrogen) atoms. The molecule has 0 atom stereocenters. The predicted octanol–water partition coefficient (Wildman–Crippen LogP) is 2.62. The summed E-state index contributed by atoms with van der Waals surface area (Å²) in [6.07, 6.45) is 2.16. The molecular weight excluding hydrogens is 300 g/mol. The van der Waals surface area contributed by atoms with E-state index in [9.17, 15) is 0 Å². The number of aliphatic imine (C=N–C) groups is 1. The van der Waals surface area contributed by atoms with Crippen molar-refractivity contribution in [3.63, 3.8) is 0 Å². The highest BCUT2D eigenvalue weighted by Crippen LogP contribution is 2.07. The predicted molar refractivity (Wildman–Crippen MR) is 102 cm³/mol. The van der Waals surface area contributed by atoms with Gasteiger partial charge in [-0.1, -0.05) is 24.3 Å². The van der Waals surface area contributed by atoms with Crippen molar-refractivity contribution in [1.29, 1.82) is 0 Å². The number of nitrogens with one attached hydrogen (secondary N) is 2. The Labute approximate surface area is 147 Å². The Morgan fingerprint density at radius 2 is 1.75 bits per heavy atom. The van der Waals surface area contributed by atoms with Crippen molar-refractivity contribution in [3.8, 4) is 0 Å². The third-order valence-corrected chi connectivity index (χ3v) is 3.50. The van der Waals surface area contributed by atoms with Crippen LogP contribution in [0, 0.1) is 0 Å². The van der Waals surface area contributed by atoms with Crippen LogP contribution in [0.1, 0.15) is 37.8 Å². The average molecular weight is 335 g/mol. The Morgan fingerprint density at radius 1 is 1.04 bits per heavy atom. The van der Waals surface area contributed by atoms with Crippen LogP contribution in [0.4, 0.5) is 0 Å². The Bertz CT molecular complexity index is 457. The number of rotatable bonds is 11. The van der Waals surface area contributed by atoms with E-state index in [4.69, 9.17) is 4.74 Å². The van der Waals surface area contributed by atoms with Crippen LogP contribution < -0.4 is 10.6 Å². The van der Waals surface area contributed by atoms with E-state index in [0.717, 1.165) is 51.6 Å². The van der Waals surface area contributed by atoms with Crippen molar-refractivity contribution < 1.29 is 4.74 Å². The molecule has 0 radical (unpaired) electrons. The monoisotopic (exact) mass is 334 g/mol. The summed E-state index contributed by atoms with van der Waals surface area (Å²) in [5, 5.41) is 6.68. The van der Waals surface area contributed by atoms with Gasteiger partial charge in [-0.15, -0.1) is 0 Å². The molecule has 1 rings (SSSR count). The molecular formula is C19H34N4O. The molecule has 0 aliphatic heterocycles. The van der Waals surface area contributed by atoms with Crippen LogP contribution in [0.5, 0.6) is 0 Å². The summed E-state index contributed by atoms with van der Waals surface area (Å²) in [4.78, 5) is 6.83. The number of guanidine groups is 1. The third-order valence-electron chi connectivity index (χ3n) is 3.50. The topological polar surface area (TPSA) is 48.9 Å². The van der Waals surface area contributed by atoms with E-state index in [1.165, 1.54) is 11.1 Å². The minimum atomic E-state index is 0.691. The number of ether oxygens (including phenoxy) is 1. The van der Waals surface area contributed by atoms with E-state index in [1.807, 2.05) is 6.92 Å². The van der Waals surface area contributed by atoms with Crippen molar-refractivity contribution in [2.45, 2.75) is 39.8 Å². The van der Waals surface area contributed by atoms with Gasteiger partial charge in [-0.05, 0) is 51.9 Å². The maximum Gasteiger partial charge on any atom is 0.191 e. The second-order valence-corrected chi connectivity index (χ2v) is 6.08. The lowest BCUT2D eigenvalue weighted by atomic mass is 10.1. The zero-order valence-corrected chi connectivity index (χ0v) is 15.8. The molecule has 5 nitrogen and oxygen atoms in total. The molecule has 0 saturated heterocycles. The van der Waals surface area contributed by atoms with Gasteiger partial charge in [0.1, 0.15) is 0 Å². The number of unbranched alkanes of at least 4 members (excludes halogenated alkanes) is 1. The Hall–Kier alpha value is -1.59. The number of benzene rings is 1. The summed E-state index contributed by atoms with van der Waals surface area (Å²) >= 11 is 0. The molecule has 0 saturated carbocycles. The lowest BCUT2D eigenvalue weighted by Crippen LogP contribution is -2.37. The highest BCUT2D eigenvalue weighted by atomic mass is 16.5. The summed E-state index contributed by atoms with van der Waals surface area (Å²) < 4.78 is 5.35. The third kappa shape index (κ3) is 9.53. The maximum atomic E-state index is 5.35. The van der Waals surface area contributed by atoms with Gasteiger partial charge in [0.2, 0.25) is 0 Å². The molecule has 0 spiro atoms. The Balaban J connectivity index is 2.41. The van der Waals surface area contributed by atoms with Crippen molar-refractivity contribution in [1.82, 2.24) is 15.5 Å². The van der Waals surface area contributed by atoms with Gasteiger partial charge in [-0.2, -0.15) is 0 Å². The minimum Gasteiger partial charge on any atom is -0.382 e. The summed E-state index contributed by atoms with van der Waals surface area (Å²) in [7, 11) is 4.17. The summed E-state index contributed by atoms with van der Waals surface area (Å²) in [5.74, 6) is 0.881. The van der Waals surface area contributed by atoms with Crippen LogP contribution in [0.25, 0.3) is 0 Å². The van der Waals surface area contributed by atoms with Gasteiger partial charge < -0.3 is 20.3 Å². The van der Waals surface area contributed by atoms with Gasteiger partial charge in [0, 0.05) is 32.8 Å². The normalized spacial score (nSPS) is 11.8. The zero-order chi connectivity index (χ0) is 17.6. The van der Waals surface area contributed by atoms with Crippen LogP contribution in [0.3, 0.4) is 0 Å². The van der Waals surface area contributed by atoms with Crippen LogP contribution in [-0.4, -0.2) is 51.3 Å². The molecule has 1 aromatic rings. The van der Waals surface area contributed by atoms with Gasteiger partial charge in [0.05, 0.1) is 6.54 Å². The molecule has 2 N–H and O–H groups in total. The van der Waals surface area contributed by atoms with Crippen molar-refractivity contribution >= 4 is 5.96 Å². The van der Waals surface area contributed by atoms with E-state index >= 15 is 0 Å². The van der Waals surface area contributed by atoms with E-state index in [2.05, 4.69) is 65.8 Å². The number of hydrogen-bond donors (Lipinski definition) is 2. The van der Waals surface area contributed by atoms with Crippen LogP contribution in [0.15, 0.2) is 29.3 Å². The quantitative estimate of drug-likeness (QED) is 0.371. The number of nitrogens with zero attached hydrogens (tertiary/aromatic N) is 2. The standard InChI is InChI=1S/C19H34N4O/c1-5-20-19(21-13-7-8-14-24-6-2)22-15-17-9-11-18(12-10-17)16-23(3)4/h9-12H,5-8,13-16H2,1-4H3,(H2,20,21,22). The van der Waals surface area contributed by atoms with Gasteiger partial charge in [0.25, 0.3) is 0 Å². The van der Waals surface area contributed by atoms with Gasteiger partial charge in [-0.3, -0.25) is 0 Å². The van der Waals surface area contributed by atoms with Gasteiger partial charge >= 0.3 is 0 Å². The fourth-order valence-corrected chi connectivity index (χ4v) is 2.31. The SMILES string of the molecule is CCNC(=NCc1ccc(CN(C)C)cc1)NCCCCOCC. The zero-order valence-electron chi connectivity index (χ0n) is 15.8. The summed E-state index contributed by atoms with van der Waals surface area (Å²) in [5.41, 5.74) is 2.55. The lowest BCUT2D eigenvalue weighted by Gasteiger charge is -2.12. The smallest absolute Gasteiger partial charge is 0.191 e. The number of hydrogen-bond acceptors (Lipinski definition) is 3. The van der Waals surface area contributed by atoms with Crippen LogP contribution in [0.2, 0.25) is 0 Å². The first-order valence-electron chi connectivity index (χ1n) is 8.98. The van der Waals surface area contributed by atoms with E-state index in [1.54, 1.807) is 0 Å². The maximum absolute atomic E-state index is 5.35. The first-order chi connectivity index (χ1) is 11.7.